The number of allylic oxidation sites excluding steroid dienone is 2. The zero-order valence-corrected chi connectivity index (χ0v) is 48.0. The van der Waals surface area contributed by atoms with Crippen molar-refractivity contribution in [1.82, 2.24) is 0 Å². The van der Waals surface area contributed by atoms with Gasteiger partial charge in [0, 0.05) is 40.3 Å². The molecule has 2 aliphatic rings. The third-order valence-electron chi connectivity index (χ3n) is 8.67. The minimum atomic E-state index is -1.26. The number of methoxy groups -OCH3 is 3. The second kappa shape index (κ2) is 58.7. The van der Waals surface area contributed by atoms with E-state index in [9.17, 15) is 24.3 Å². The van der Waals surface area contributed by atoms with Crippen LogP contribution in [0.1, 0.15) is 153 Å². The van der Waals surface area contributed by atoms with Gasteiger partial charge in [0.2, 0.25) is 0 Å². The summed E-state index contributed by atoms with van der Waals surface area (Å²) >= 11 is 0. The predicted octanol–water partition coefficient (Wildman–Crippen LogP) is 3.74. The third-order valence-corrected chi connectivity index (χ3v) is 8.67. The minimum absolute atomic E-state index is 0. The molecule has 18 heteroatoms. The van der Waals surface area contributed by atoms with Crippen LogP contribution in [0.25, 0.3) is 0 Å². The largest absolute Gasteiger partial charge is 1.00 e. The standard InChI is InChI=1S/C19H34O6.C12H18O3.2C7H16O3.C3H6O.C2H6.CH4O.Na/c1-5-6-7-8-9-10-11-17(19(21)22)12-18(20)25-16(3)14-24-15(2)13-23-4;1-2-3-4-5-6-7-8-10-9-11(13)15-12(10)14;2*1-6(8)4-10-7(2)5-9-3;1-3-2-4-3;2*1-2;/h10-11,15-17H,5-9,12-14H2,1-4H3,(H,21,22);7-8,10H,2-6,9H2,1H3;2*6-8H,4-5H2,1-3H3;3H,2H2,1H3;1-2H3;2H,1H3;/q;;;;;;;+1/p-1. The first-order valence-electron chi connectivity index (χ1n) is 24.6. The quantitative estimate of drug-likeness (QED) is 0.0224. The van der Waals surface area contributed by atoms with Gasteiger partial charge in [-0.2, -0.15) is 0 Å². The number of ether oxygens (including phenoxy) is 9. The maximum atomic E-state index is 11.9. The van der Waals surface area contributed by atoms with Crippen LogP contribution in [0.4, 0.5) is 0 Å². The number of carbonyl (C=O) groups is 4. The van der Waals surface area contributed by atoms with E-state index in [0.717, 1.165) is 52.2 Å². The van der Waals surface area contributed by atoms with Gasteiger partial charge in [0.15, 0.2) is 0 Å². The van der Waals surface area contributed by atoms with Crippen molar-refractivity contribution >= 4 is 23.9 Å². The number of rotatable bonds is 31. The van der Waals surface area contributed by atoms with E-state index in [1.807, 2.05) is 46.8 Å². The molecule has 9 unspecified atom stereocenters. The topological polar surface area (TPSA) is 238 Å². The van der Waals surface area contributed by atoms with Gasteiger partial charge in [0.1, 0.15) is 6.10 Å². The van der Waals surface area contributed by atoms with Crippen molar-refractivity contribution in [1.29, 1.82) is 0 Å². The fourth-order valence-corrected chi connectivity index (χ4v) is 5.11. The molecule has 3 N–H and O–H groups in total. The summed E-state index contributed by atoms with van der Waals surface area (Å²) in [6, 6.07) is 0. The van der Waals surface area contributed by atoms with Crippen LogP contribution in [0.3, 0.4) is 0 Å². The van der Waals surface area contributed by atoms with Crippen LogP contribution in [-0.4, -0.2) is 157 Å². The molecular weight excluding hydrogens is 908 g/mol. The number of carboxylic acid groups (broad SMARTS) is 1. The third kappa shape index (κ3) is 64.1. The van der Waals surface area contributed by atoms with E-state index in [1.54, 1.807) is 48.2 Å². The summed E-state index contributed by atoms with van der Waals surface area (Å²) in [7, 11) is 5.84. The second-order valence-electron chi connectivity index (χ2n) is 16.2. The van der Waals surface area contributed by atoms with Crippen LogP contribution in [0, 0.1) is 11.8 Å². The number of hydrogen-bond donors (Lipinski definition) is 3. The molecule has 0 aromatic rings. The van der Waals surface area contributed by atoms with Crippen molar-refractivity contribution in [3.8, 4) is 0 Å². The van der Waals surface area contributed by atoms with E-state index >= 15 is 0 Å². The molecule has 0 aromatic heterocycles. The molecule has 0 aromatic carbocycles. The Kier molecular flexibility index (Phi) is 66.9. The zero-order valence-electron chi connectivity index (χ0n) is 46.0. The molecule has 406 valence electrons. The Bertz CT molecular complexity index is 1160. The fraction of sp³-hybridized carbons (Fsp3) is 0.843. The first-order chi connectivity index (χ1) is 32.4. The van der Waals surface area contributed by atoms with E-state index in [2.05, 4.69) is 25.5 Å². The van der Waals surface area contributed by atoms with Gasteiger partial charge in [0.05, 0.1) is 102 Å². The summed E-state index contributed by atoms with van der Waals surface area (Å²) in [6.45, 7) is 24.7. The Balaban J connectivity index is -0.000000192. The maximum absolute atomic E-state index is 11.9. The van der Waals surface area contributed by atoms with Gasteiger partial charge in [-0.25, -0.2) is 0 Å². The number of aliphatic carboxylic acids is 1. The first kappa shape index (κ1) is 78.6. The SMILES string of the molecule is CC.CC1CO1.CCCCCCC=CC(CC(=O)OC(C)COC(C)COC)C(=O)[O-].CCCCCCC=CC1CC(=O)OC1=O.CO.COCC(C)OCC(C)O.COCC(C)OCC(C)O.[Na+]. The van der Waals surface area contributed by atoms with Gasteiger partial charge in [-0.3, -0.25) is 14.4 Å². The number of carboxylic acids is 1. The Hall–Kier alpha value is -1.84. The molecule has 2 heterocycles. The van der Waals surface area contributed by atoms with E-state index in [0.29, 0.717) is 39.1 Å². The van der Waals surface area contributed by atoms with Crippen LogP contribution in [0.5, 0.6) is 0 Å². The van der Waals surface area contributed by atoms with Crippen molar-refractivity contribution in [2.75, 3.05) is 74.7 Å². The number of unbranched alkanes of at least 4 members (excludes halogenated alkanes) is 8. The Labute approximate surface area is 440 Å². The summed E-state index contributed by atoms with van der Waals surface area (Å²) in [5.74, 6) is -3.92. The van der Waals surface area contributed by atoms with Gasteiger partial charge in [0.25, 0.3) is 0 Å². The molecule has 0 radical (unpaired) electrons. The molecule has 2 saturated heterocycles. The number of carbonyl (C=O) groups excluding carboxylic acids is 4. The summed E-state index contributed by atoms with van der Waals surface area (Å²) in [5, 5.41) is 35.8. The van der Waals surface area contributed by atoms with E-state index in [1.165, 1.54) is 31.8 Å². The number of esters is 3. The molecule has 0 spiro atoms. The average Bonchev–Trinajstić information content (AvgIpc) is 4.02. The molecule has 17 nitrogen and oxygen atoms in total. The van der Waals surface area contributed by atoms with E-state index in [4.69, 9.17) is 53.2 Å². The summed E-state index contributed by atoms with van der Waals surface area (Å²) in [4.78, 5) is 44.9. The fourth-order valence-electron chi connectivity index (χ4n) is 5.11. The van der Waals surface area contributed by atoms with Gasteiger partial charge >= 0.3 is 47.5 Å². The van der Waals surface area contributed by atoms with E-state index in [-0.39, 0.29) is 85.4 Å². The molecule has 0 amide bonds. The normalized spacial score (nSPS) is 17.4. The first-order valence-corrected chi connectivity index (χ1v) is 24.6. The number of epoxide rings is 1. The molecule has 69 heavy (non-hydrogen) atoms. The summed E-state index contributed by atoms with van der Waals surface area (Å²) < 4.78 is 44.7. The van der Waals surface area contributed by atoms with Crippen LogP contribution < -0.4 is 34.7 Å². The number of aliphatic hydroxyl groups excluding tert-OH is 3. The minimum Gasteiger partial charge on any atom is -0.550 e. The number of cyclic esters (lactones) is 2. The summed E-state index contributed by atoms with van der Waals surface area (Å²) in [5.41, 5.74) is 0. The molecule has 9 atom stereocenters. The van der Waals surface area contributed by atoms with Crippen molar-refractivity contribution in [2.24, 2.45) is 11.8 Å². The predicted molar refractivity (Wildman–Crippen MR) is 264 cm³/mol. The second-order valence-corrected chi connectivity index (χ2v) is 16.2. The number of hydrogen-bond acceptors (Lipinski definition) is 17. The maximum Gasteiger partial charge on any atom is 1.00 e. The molecular formula is C51H99NaO17. The van der Waals surface area contributed by atoms with Crippen LogP contribution in [0.15, 0.2) is 24.3 Å². The van der Waals surface area contributed by atoms with Crippen LogP contribution in [0.2, 0.25) is 0 Å². The van der Waals surface area contributed by atoms with Crippen LogP contribution >= 0.6 is 0 Å². The molecule has 2 fully saturated rings. The smallest absolute Gasteiger partial charge is 0.550 e. The molecule has 0 aliphatic carbocycles. The van der Waals surface area contributed by atoms with E-state index < -0.39 is 35.9 Å². The van der Waals surface area contributed by atoms with Gasteiger partial charge < -0.3 is 67.9 Å². The monoisotopic (exact) mass is 1010 g/mol. The summed E-state index contributed by atoms with van der Waals surface area (Å²) in [6.07, 6.45) is 17.6. The molecule has 0 bridgehead atoms. The Morgan fingerprint density at radius 2 is 1.10 bits per heavy atom. The van der Waals surface area contributed by atoms with Crippen LogP contribution in [-0.2, 0) is 61.8 Å². The van der Waals surface area contributed by atoms with Gasteiger partial charge in [-0.05, 0) is 74.1 Å². The Morgan fingerprint density at radius 3 is 1.43 bits per heavy atom. The van der Waals surface area contributed by atoms with Crippen molar-refractivity contribution in [2.45, 2.75) is 196 Å². The van der Waals surface area contributed by atoms with Crippen molar-refractivity contribution < 1.29 is 112 Å². The van der Waals surface area contributed by atoms with Gasteiger partial charge in [-0.1, -0.05) is 90.5 Å². The molecule has 2 rings (SSSR count). The van der Waals surface area contributed by atoms with Gasteiger partial charge in [-0.15, -0.1) is 0 Å². The Morgan fingerprint density at radius 1 is 0.696 bits per heavy atom. The molecule has 2 aliphatic heterocycles. The van der Waals surface area contributed by atoms with Crippen molar-refractivity contribution in [3.63, 3.8) is 0 Å². The zero-order chi connectivity index (χ0) is 53.1. The molecule has 0 saturated carbocycles. The number of aliphatic hydroxyl groups is 3. The average molecular weight is 1010 g/mol. The van der Waals surface area contributed by atoms with Crippen molar-refractivity contribution in [3.05, 3.63) is 24.3 Å².